The molecule has 0 aromatic heterocycles. The molecule has 1 N–H and O–H groups in total. The molecule has 0 heterocycles. The normalized spacial score (nSPS) is 11.3. The quantitative estimate of drug-likeness (QED) is 0.624. The minimum absolute atomic E-state index is 0.00433. The summed E-state index contributed by atoms with van der Waals surface area (Å²) < 4.78 is 5.22. The maximum Gasteiger partial charge on any atom is 0.270 e. The second-order valence-corrected chi connectivity index (χ2v) is 4.84. The Bertz CT molecular complexity index is 430. The molecule has 5 nitrogen and oxygen atoms in total. The SMILES string of the molecule is CCC(C)(C)NCc1cc([N+](=O)[O-])ccc1OC. The molecule has 18 heavy (non-hydrogen) atoms. The van der Waals surface area contributed by atoms with E-state index in [4.69, 9.17) is 4.74 Å². The van der Waals surface area contributed by atoms with E-state index in [1.807, 2.05) is 0 Å². The van der Waals surface area contributed by atoms with Crippen molar-refractivity contribution < 1.29 is 9.66 Å². The number of rotatable bonds is 6. The number of nitro groups is 1. The lowest BCUT2D eigenvalue weighted by Crippen LogP contribution is -2.37. The van der Waals surface area contributed by atoms with E-state index in [0.29, 0.717) is 12.3 Å². The van der Waals surface area contributed by atoms with Crippen LogP contribution in [-0.4, -0.2) is 17.6 Å². The predicted molar refractivity (Wildman–Crippen MR) is 70.9 cm³/mol. The Morgan fingerprint density at radius 2 is 2.11 bits per heavy atom. The van der Waals surface area contributed by atoms with Crippen molar-refractivity contribution in [2.45, 2.75) is 39.3 Å². The third-order valence-corrected chi connectivity index (χ3v) is 3.12. The van der Waals surface area contributed by atoms with Crippen LogP contribution in [0.25, 0.3) is 0 Å². The van der Waals surface area contributed by atoms with Gasteiger partial charge >= 0.3 is 0 Å². The average molecular weight is 252 g/mol. The van der Waals surface area contributed by atoms with Gasteiger partial charge in [0.05, 0.1) is 12.0 Å². The molecule has 0 saturated carbocycles. The molecule has 0 atom stereocenters. The summed E-state index contributed by atoms with van der Waals surface area (Å²) in [4.78, 5) is 10.4. The molecular weight excluding hydrogens is 232 g/mol. The summed E-state index contributed by atoms with van der Waals surface area (Å²) in [5.74, 6) is 0.667. The van der Waals surface area contributed by atoms with Gasteiger partial charge in [0.15, 0.2) is 0 Å². The molecule has 0 bridgehead atoms. The van der Waals surface area contributed by atoms with Crippen LogP contribution in [0.3, 0.4) is 0 Å². The number of hydrogen-bond donors (Lipinski definition) is 1. The van der Waals surface area contributed by atoms with Crippen molar-refractivity contribution in [2.75, 3.05) is 7.11 Å². The fourth-order valence-electron chi connectivity index (χ4n) is 1.48. The van der Waals surface area contributed by atoms with E-state index in [1.165, 1.54) is 6.07 Å². The van der Waals surface area contributed by atoms with Crippen molar-refractivity contribution in [3.8, 4) is 5.75 Å². The van der Waals surface area contributed by atoms with Crippen molar-refractivity contribution in [3.05, 3.63) is 33.9 Å². The van der Waals surface area contributed by atoms with Gasteiger partial charge in [-0.05, 0) is 26.3 Å². The third-order valence-electron chi connectivity index (χ3n) is 3.12. The van der Waals surface area contributed by atoms with Crippen molar-refractivity contribution >= 4 is 5.69 Å². The molecule has 0 fully saturated rings. The fourth-order valence-corrected chi connectivity index (χ4v) is 1.48. The third kappa shape index (κ3) is 3.70. The first-order valence-electron chi connectivity index (χ1n) is 5.96. The summed E-state index contributed by atoms with van der Waals surface area (Å²) in [5.41, 5.74) is 0.880. The lowest BCUT2D eigenvalue weighted by atomic mass is 10.0. The number of nitrogens with zero attached hydrogens (tertiary/aromatic N) is 1. The standard InChI is InChI=1S/C13H20N2O3/c1-5-13(2,3)14-9-10-8-11(15(16)17)6-7-12(10)18-4/h6-8,14H,5,9H2,1-4H3. The average Bonchev–Trinajstić information content (AvgIpc) is 2.36. The van der Waals surface area contributed by atoms with E-state index in [-0.39, 0.29) is 11.2 Å². The predicted octanol–water partition coefficient (Wildman–Crippen LogP) is 2.88. The Hall–Kier alpha value is -1.62. The van der Waals surface area contributed by atoms with Crippen LogP contribution in [0.4, 0.5) is 5.69 Å². The van der Waals surface area contributed by atoms with Crippen LogP contribution in [0.1, 0.15) is 32.8 Å². The smallest absolute Gasteiger partial charge is 0.270 e. The summed E-state index contributed by atoms with van der Waals surface area (Å²) >= 11 is 0. The topological polar surface area (TPSA) is 64.4 Å². The van der Waals surface area contributed by atoms with E-state index >= 15 is 0 Å². The van der Waals surface area contributed by atoms with Gasteiger partial charge in [0.25, 0.3) is 5.69 Å². The summed E-state index contributed by atoms with van der Waals surface area (Å²) in [6.45, 7) is 6.83. The molecule has 0 spiro atoms. The summed E-state index contributed by atoms with van der Waals surface area (Å²) in [7, 11) is 1.57. The van der Waals surface area contributed by atoms with Gasteiger partial charge in [0.1, 0.15) is 5.75 Å². The molecule has 0 aliphatic carbocycles. The maximum absolute atomic E-state index is 10.8. The van der Waals surface area contributed by atoms with E-state index in [2.05, 4.69) is 26.1 Å². The number of nitrogens with one attached hydrogen (secondary N) is 1. The maximum atomic E-state index is 10.8. The largest absolute Gasteiger partial charge is 0.496 e. The molecule has 1 aromatic carbocycles. The molecule has 0 amide bonds. The highest BCUT2D eigenvalue weighted by atomic mass is 16.6. The van der Waals surface area contributed by atoms with Crippen LogP contribution in [0, 0.1) is 10.1 Å². The molecule has 0 aliphatic rings. The number of nitro benzene ring substituents is 1. The Labute approximate surface area is 107 Å². The summed E-state index contributed by atoms with van der Waals surface area (Å²) in [6, 6.07) is 4.64. The zero-order chi connectivity index (χ0) is 13.8. The molecule has 0 radical (unpaired) electrons. The number of methoxy groups -OCH3 is 1. The lowest BCUT2D eigenvalue weighted by Gasteiger charge is -2.25. The molecule has 0 saturated heterocycles. The molecule has 0 aliphatic heterocycles. The summed E-state index contributed by atoms with van der Waals surface area (Å²) in [5, 5.41) is 14.1. The van der Waals surface area contributed by atoms with Gasteiger partial charge in [0.2, 0.25) is 0 Å². The first-order chi connectivity index (χ1) is 8.39. The van der Waals surface area contributed by atoms with E-state index < -0.39 is 4.92 Å². The van der Waals surface area contributed by atoms with Gasteiger partial charge in [0, 0.05) is 29.8 Å². The van der Waals surface area contributed by atoms with Crippen molar-refractivity contribution in [1.82, 2.24) is 5.32 Å². The molecule has 1 rings (SSSR count). The van der Waals surface area contributed by atoms with Crippen LogP contribution < -0.4 is 10.1 Å². The van der Waals surface area contributed by atoms with Gasteiger partial charge in [-0.25, -0.2) is 0 Å². The zero-order valence-electron chi connectivity index (χ0n) is 11.3. The van der Waals surface area contributed by atoms with Crippen LogP contribution in [0.2, 0.25) is 0 Å². The van der Waals surface area contributed by atoms with Crippen LogP contribution in [0.15, 0.2) is 18.2 Å². The van der Waals surface area contributed by atoms with Crippen LogP contribution in [0.5, 0.6) is 5.75 Å². The number of ether oxygens (including phenoxy) is 1. The molecular formula is C13H20N2O3. The summed E-state index contributed by atoms with van der Waals surface area (Å²) in [6.07, 6.45) is 0.976. The fraction of sp³-hybridized carbons (Fsp3) is 0.538. The molecule has 1 aromatic rings. The van der Waals surface area contributed by atoms with Gasteiger partial charge in [-0.1, -0.05) is 6.92 Å². The first kappa shape index (κ1) is 14.4. The minimum Gasteiger partial charge on any atom is -0.496 e. The van der Waals surface area contributed by atoms with Gasteiger partial charge in [-0.2, -0.15) is 0 Å². The molecule has 100 valence electrons. The Morgan fingerprint density at radius 3 is 2.61 bits per heavy atom. The van der Waals surface area contributed by atoms with Crippen molar-refractivity contribution in [1.29, 1.82) is 0 Å². The van der Waals surface area contributed by atoms with Crippen molar-refractivity contribution in [2.24, 2.45) is 0 Å². The van der Waals surface area contributed by atoms with Gasteiger partial charge in [-0.3, -0.25) is 10.1 Å². The van der Waals surface area contributed by atoms with Gasteiger partial charge < -0.3 is 10.1 Å². The van der Waals surface area contributed by atoms with Crippen molar-refractivity contribution in [3.63, 3.8) is 0 Å². The highest BCUT2D eigenvalue weighted by Gasteiger charge is 2.16. The number of hydrogen-bond acceptors (Lipinski definition) is 4. The molecule has 5 heteroatoms. The highest BCUT2D eigenvalue weighted by Crippen LogP contribution is 2.24. The lowest BCUT2D eigenvalue weighted by molar-refractivity contribution is -0.384. The monoisotopic (exact) mass is 252 g/mol. The van der Waals surface area contributed by atoms with E-state index in [0.717, 1.165) is 12.0 Å². The Balaban J connectivity index is 2.91. The first-order valence-corrected chi connectivity index (χ1v) is 5.96. The van der Waals surface area contributed by atoms with Crippen LogP contribution in [-0.2, 0) is 6.54 Å². The Kier molecular flexibility index (Phi) is 4.67. The number of benzene rings is 1. The van der Waals surface area contributed by atoms with E-state index in [1.54, 1.807) is 19.2 Å². The highest BCUT2D eigenvalue weighted by molar-refractivity contribution is 5.43. The molecule has 0 unspecified atom stereocenters. The van der Waals surface area contributed by atoms with Crippen LogP contribution >= 0.6 is 0 Å². The Morgan fingerprint density at radius 1 is 1.44 bits per heavy atom. The minimum atomic E-state index is -0.395. The number of non-ortho nitro benzene ring substituents is 1. The van der Waals surface area contributed by atoms with E-state index in [9.17, 15) is 10.1 Å². The zero-order valence-corrected chi connectivity index (χ0v) is 11.3. The second-order valence-electron chi connectivity index (χ2n) is 4.84. The van der Waals surface area contributed by atoms with Gasteiger partial charge in [-0.15, -0.1) is 0 Å². The second kappa shape index (κ2) is 5.82.